The van der Waals surface area contributed by atoms with Crippen molar-refractivity contribution in [2.75, 3.05) is 33.4 Å². The van der Waals surface area contributed by atoms with E-state index in [4.69, 9.17) is 0 Å². The number of para-hydroxylation sites is 2. The smallest absolute Gasteiger partial charge is 0.255 e. The van der Waals surface area contributed by atoms with E-state index in [9.17, 15) is 13.2 Å². The fourth-order valence-electron chi connectivity index (χ4n) is 4.21. The van der Waals surface area contributed by atoms with Gasteiger partial charge in [0.05, 0.1) is 22.8 Å². The van der Waals surface area contributed by atoms with Crippen molar-refractivity contribution in [2.45, 2.75) is 19.4 Å². The van der Waals surface area contributed by atoms with Crippen molar-refractivity contribution in [3.8, 4) is 0 Å². The Balaban J connectivity index is 1.33. The predicted molar refractivity (Wildman–Crippen MR) is 126 cm³/mol. The minimum Gasteiger partial charge on any atom is -0.365 e. The highest BCUT2D eigenvalue weighted by Crippen LogP contribution is 2.32. The third-order valence-corrected chi connectivity index (χ3v) is 8.71. The van der Waals surface area contributed by atoms with Crippen molar-refractivity contribution in [3.63, 3.8) is 0 Å². The van der Waals surface area contributed by atoms with Crippen molar-refractivity contribution in [2.24, 2.45) is 0 Å². The Morgan fingerprint density at radius 3 is 2.58 bits per heavy atom. The zero-order valence-corrected chi connectivity index (χ0v) is 18.6. The van der Waals surface area contributed by atoms with E-state index < -0.39 is 10.0 Å². The average molecular weight is 454 g/mol. The largest absolute Gasteiger partial charge is 0.365 e. The van der Waals surface area contributed by atoms with Crippen LogP contribution in [0.1, 0.15) is 27.2 Å². The maximum atomic E-state index is 12.9. The lowest BCUT2D eigenvalue weighted by Crippen LogP contribution is -2.30. The van der Waals surface area contributed by atoms with Gasteiger partial charge in [-0.3, -0.25) is 9.10 Å². The van der Waals surface area contributed by atoms with Crippen LogP contribution in [0, 0.1) is 0 Å². The normalized spacial score (nSPS) is 17.4. The molecule has 1 aromatic heterocycles. The van der Waals surface area contributed by atoms with Gasteiger partial charge in [0.15, 0.2) is 0 Å². The molecule has 1 N–H and O–H groups in total. The van der Waals surface area contributed by atoms with Gasteiger partial charge in [0.1, 0.15) is 0 Å². The highest BCUT2D eigenvalue weighted by Gasteiger charge is 2.28. The molecule has 0 bridgehead atoms. The van der Waals surface area contributed by atoms with Gasteiger partial charge in [-0.2, -0.15) is 0 Å². The van der Waals surface area contributed by atoms with Crippen LogP contribution < -0.4 is 14.5 Å². The molecule has 1 amide bonds. The van der Waals surface area contributed by atoms with Crippen LogP contribution in [-0.2, 0) is 23.0 Å². The Bertz CT molecular complexity index is 1220. The van der Waals surface area contributed by atoms with Gasteiger partial charge in [0, 0.05) is 30.1 Å². The fourth-order valence-corrected chi connectivity index (χ4v) is 6.67. The molecule has 0 unspecified atom stereocenters. The molecule has 31 heavy (non-hydrogen) atoms. The highest BCUT2D eigenvalue weighted by atomic mass is 32.2. The first-order chi connectivity index (χ1) is 15.0. The minimum absolute atomic E-state index is 0.176. The van der Waals surface area contributed by atoms with Gasteiger partial charge >= 0.3 is 0 Å². The summed E-state index contributed by atoms with van der Waals surface area (Å²) in [6.45, 7) is 2.24. The number of anilines is 3. The predicted octanol–water partition coefficient (Wildman–Crippen LogP) is 4.10. The molecule has 160 valence electrons. The van der Waals surface area contributed by atoms with Crippen molar-refractivity contribution in [1.82, 2.24) is 0 Å². The van der Waals surface area contributed by atoms with E-state index in [2.05, 4.69) is 21.7 Å². The molecular formula is C23H23N3O3S2. The van der Waals surface area contributed by atoms with Gasteiger partial charge in [-0.15, -0.1) is 11.3 Å². The van der Waals surface area contributed by atoms with Gasteiger partial charge in [0.2, 0.25) is 10.0 Å². The van der Waals surface area contributed by atoms with Crippen LogP contribution in [0.2, 0.25) is 0 Å². The van der Waals surface area contributed by atoms with Crippen LogP contribution in [-0.4, -0.2) is 33.2 Å². The summed E-state index contributed by atoms with van der Waals surface area (Å²) in [6, 6.07) is 16.8. The number of sulfonamides is 1. The van der Waals surface area contributed by atoms with Crippen LogP contribution in [0.5, 0.6) is 0 Å². The molecule has 0 radical (unpaired) electrons. The topological polar surface area (TPSA) is 69.7 Å². The Morgan fingerprint density at radius 1 is 1.00 bits per heavy atom. The second kappa shape index (κ2) is 8.01. The van der Waals surface area contributed by atoms with Gasteiger partial charge < -0.3 is 10.2 Å². The lowest BCUT2D eigenvalue weighted by molar-refractivity contribution is 0.102. The molecule has 8 heteroatoms. The van der Waals surface area contributed by atoms with Crippen LogP contribution in [0.25, 0.3) is 0 Å². The lowest BCUT2D eigenvalue weighted by atomic mass is 10.1. The number of fused-ring (bicyclic) bond motifs is 1. The summed E-state index contributed by atoms with van der Waals surface area (Å²) in [6.07, 6.45) is 1.64. The Kier molecular flexibility index (Phi) is 5.19. The zero-order valence-electron chi connectivity index (χ0n) is 17.0. The molecule has 5 rings (SSSR count). The molecule has 2 aromatic carbocycles. The summed E-state index contributed by atoms with van der Waals surface area (Å²) in [4.78, 5) is 16.6. The third kappa shape index (κ3) is 3.93. The molecule has 3 heterocycles. The molecule has 2 aliphatic rings. The molecular weight excluding hydrogens is 430 g/mol. The van der Waals surface area contributed by atoms with E-state index in [0.717, 1.165) is 30.9 Å². The quantitative estimate of drug-likeness (QED) is 0.646. The molecule has 1 fully saturated rings. The number of amides is 1. The van der Waals surface area contributed by atoms with E-state index in [0.29, 0.717) is 24.2 Å². The van der Waals surface area contributed by atoms with Crippen molar-refractivity contribution in [1.29, 1.82) is 0 Å². The number of rotatable bonds is 4. The summed E-state index contributed by atoms with van der Waals surface area (Å²) in [5.74, 6) is -0.0356. The fraction of sp³-hybridized carbons (Fsp3) is 0.261. The SMILES string of the molecule is O=C(Nc1ccccc1N1CCc2sccc2C1)c1ccc(N2CCCS2(=O)=O)cc1. The Labute approximate surface area is 186 Å². The van der Waals surface area contributed by atoms with Gasteiger partial charge in [0.25, 0.3) is 5.91 Å². The first-order valence-electron chi connectivity index (χ1n) is 10.3. The van der Waals surface area contributed by atoms with E-state index in [1.165, 1.54) is 14.7 Å². The van der Waals surface area contributed by atoms with Gasteiger partial charge in [-0.05, 0) is 66.2 Å². The number of benzene rings is 2. The van der Waals surface area contributed by atoms with Crippen LogP contribution in [0.3, 0.4) is 0 Å². The van der Waals surface area contributed by atoms with E-state index in [1.54, 1.807) is 24.3 Å². The molecule has 0 saturated carbocycles. The van der Waals surface area contributed by atoms with E-state index >= 15 is 0 Å². The van der Waals surface area contributed by atoms with Crippen LogP contribution in [0.15, 0.2) is 60.0 Å². The summed E-state index contributed by atoms with van der Waals surface area (Å²) < 4.78 is 25.6. The summed E-state index contributed by atoms with van der Waals surface area (Å²) in [5.41, 5.74) is 4.23. The molecule has 1 saturated heterocycles. The maximum Gasteiger partial charge on any atom is 0.255 e. The second-order valence-corrected chi connectivity index (χ2v) is 10.8. The first kappa shape index (κ1) is 20.1. The molecule has 2 aliphatic heterocycles. The number of nitrogens with one attached hydrogen (secondary N) is 1. The van der Waals surface area contributed by atoms with E-state index in [1.807, 2.05) is 35.6 Å². The van der Waals surface area contributed by atoms with Crippen molar-refractivity contribution < 1.29 is 13.2 Å². The summed E-state index contributed by atoms with van der Waals surface area (Å²) in [5, 5.41) is 5.18. The molecule has 6 nitrogen and oxygen atoms in total. The number of hydrogen-bond acceptors (Lipinski definition) is 5. The summed E-state index contributed by atoms with van der Waals surface area (Å²) >= 11 is 1.81. The van der Waals surface area contributed by atoms with E-state index in [-0.39, 0.29) is 11.7 Å². The zero-order chi connectivity index (χ0) is 21.4. The first-order valence-corrected chi connectivity index (χ1v) is 12.8. The highest BCUT2D eigenvalue weighted by molar-refractivity contribution is 7.93. The Hall–Kier alpha value is -2.84. The van der Waals surface area contributed by atoms with Crippen molar-refractivity contribution >= 4 is 44.3 Å². The molecule has 0 atom stereocenters. The number of thiophene rings is 1. The average Bonchev–Trinajstić information content (AvgIpc) is 3.39. The van der Waals surface area contributed by atoms with Crippen LogP contribution >= 0.6 is 11.3 Å². The van der Waals surface area contributed by atoms with Gasteiger partial charge in [-0.25, -0.2) is 8.42 Å². The molecule has 3 aromatic rings. The number of carbonyl (C=O) groups is 1. The number of nitrogens with zero attached hydrogens (tertiary/aromatic N) is 2. The molecule has 0 aliphatic carbocycles. The lowest BCUT2D eigenvalue weighted by Gasteiger charge is -2.30. The maximum absolute atomic E-state index is 12.9. The monoisotopic (exact) mass is 453 g/mol. The number of hydrogen-bond donors (Lipinski definition) is 1. The van der Waals surface area contributed by atoms with Gasteiger partial charge in [-0.1, -0.05) is 12.1 Å². The number of carbonyl (C=O) groups excluding carboxylic acids is 1. The Morgan fingerprint density at radius 2 is 1.81 bits per heavy atom. The molecule has 0 spiro atoms. The van der Waals surface area contributed by atoms with Crippen LogP contribution in [0.4, 0.5) is 17.1 Å². The standard InChI is InChI=1S/C23H23N3O3S2/c27-23(17-6-8-19(9-7-17)26-12-3-15-31(26,28)29)24-20-4-1-2-5-21(20)25-13-10-22-18(16-25)11-14-30-22/h1-2,4-9,11,14H,3,10,12-13,15-16H2,(H,24,27). The third-order valence-electron chi connectivity index (χ3n) is 5.82. The van der Waals surface area contributed by atoms with Crippen molar-refractivity contribution in [3.05, 3.63) is 76.0 Å². The second-order valence-electron chi connectivity index (χ2n) is 7.80. The minimum atomic E-state index is -3.23. The summed E-state index contributed by atoms with van der Waals surface area (Å²) in [7, 11) is -3.23.